The third kappa shape index (κ3) is 4.47. The van der Waals surface area contributed by atoms with Gasteiger partial charge in [-0.1, -0.05) is 29.3 Å². The van der Waals surface area contributed by atoms with Crippen molar-refractivity contribution in [1.29, 1.82) is 5.26 Å². The number of carbonyl (C=O) groups excluding carboxylic acids is 1. The molecular formula is C23H14Cl2FN3O3. The molecule has 160 valence electrons. The van der Waals surface area contributed by atoms with Crippen molar-refractivity contribution < 1.29 is 19.0 Å². The number of H-pyrrole nitrogens is 1. The highest BCUT2D eigenvalue weighted by Crippen LogP contribution is 2.35. The van der Waals surface area contributed by atoms with Crippen molar-refractivity contribution in [3.8, 4) is 23.3 Å². The van der Waals surface area contributed by atoms with E-state index in [1.54, 1.807) is 12.1 Å². The van der Waals surface area contributed by atoms with Gasteiger partial charge in [-0.05, 0) is 48.5 Å². The second kappa shape index (κ2) is 8.79. The second-order valence-electron chi connectivity index (χ2n) is 6.88. The van der Waals surface area contributed by atoms with Crippen molar-refractivity contribution in [2.45, 2.75) is 6.54 Å². The SMILES string of the molecule is N#Cc1cc(Cl)cc(Oc2c(Cl)ccc(CNC(=O)c3cc4cc(O)ccc4[nH]3)c2F)c1. The molecule has 0 radical (unpaired) electrons. The molecule has 0 fully saturated rings. The molecule has 0 aliphatic carbocycles. The third-order valence-electron chi connectivity index (χ3n) is 4.64. The fraction of sp³-hybridized carbons (Fsp3) is 0.0435. The molecule has 1 amide bonds. The first-order chi connectivity index (χ1) is 15.3. The lowest BCUT2D eigenvalue weighted by molar-refractivity contribution is 0.0946. The number of hydrogen-bond donors (Lipinski definition) is 3. The number of carbonyl (C=O) groups is 1. The maximum atomic E-state index is 15.1. The number of nitrogens with zero attached hydrogens (tertiary/aromatic N) is 1. The summed E-state index contributed by atoms with van der Waals surface area (Å²) in [6, 6.07) is 15.4. The summed E-state index contributed by atoms with van der Waals surface area (Å²) >= 11 is 12.1. The molecule has 1 aromatic heterocycles. The van der Waals surface area contributed by atoms with Crippen LogP contribution in [0.1, 0.15) is 21.6 Å². The molecule has 3 N–H and O–H groups in total. The van der Waals surface area contributed by atoms with Crippen molar-refractivity contribution in [3.63, 3.8) is 0 Å². The average molecular weight is 470 g/mol. The summed E-state index contributed by atoms with van der Waals surface area (Å²) in [6.07, 6.45) is 0. The highest BCUT2D eigenvalue weighted by molar-refractivity contribution is 6.32. The lowest BCUT2D eigenvalue weighted by Crippen LogP contribution is -2.23. The van der Waals surface area contributed by atoms with E-state index >= 15 is 4.39 Å². The van der Waals surface area contributed by atoms with E-state index in [0.717, 1.165) is 0 Å². The van der Waals surface area contributed by atoms with Gasteiger partial charge in [-0.25, -0.2) is 4.39 Å². The largest absolute Gasteiger partial charge is 0.508 e. The van der Waals surface area contributed by atoms with Gasteiger partial charge in [0.2, 0.25) is 0 Å². The molecule has 0 aliphatic rings. The number of ether oxygens (including phenoxy) is 1. The first-order valence-electron chi connectivity index (χ1n) is 9.29. The number of hydrogen-bond acceptors (Lipinski definition) is 4. The Balaban J connectivity index is 1.53. The van der Waals surface area contributed by atoms with Crippen LogP contribution in [0.15, 0.2) is 54.6 Å². The van der Waals surface area contributed by atoms with Gasteiger partial charge in [0.25, 0.3) is 5.91 Å². The summed E-state index contributed by atoms with van der Waals surface area (Å²) in [5, 5.41) is 22.2. The quantitative estimate of drug-likeness (QED) is 0.338. The number of phenolic OH excluding ortho intramolecular Hbond substituents is 1. The number of phenols is 1. The van der Waals surface area contributed by atoms with E-state index in [1.165, 1.54) is 42.5 Å². The number of benzene rings is 3. The Morgan fingerprint density at radius 1 is 1.16 bits per heavy atom. The Hall–Kier alpha value is -3.73. The van der Waals surface area contributed by atoms with Crippen LogP contribution in [-0.2, 0) is 6.54 Å². The van der Waals surface area contributed by atoms with E-state index in [-0.39, 0.29) is 50.7 Å². The number of fused-ring (bicyclic) bond motifs is 1. The van der Waals surface area contributed by atoms with Gasteiger partial charge in [-0.3, -0.25) is 4.79 Å². The molecule has 0 atom stereocenters. The standard InChI is InChI=1S/C23H14Cl2FN3O3/c24-15-5-12(10-27)6-17(9-15)32-22-18(25)3-1-13(21(22)26)11-28-23(31)20-8-14-7-16(30)2-4-19(14)29-20/h1-9,29-30H,11H2,(H,28,31). The Morgan fingerprint density at radius 2 is 1.97 bits per heavy atom. The molecule has 0 saturated heterocycles. The normalized spacial score (nSPS) is 10.7. The predicted octanol–water partition coefficient (Wildman–Crippen LogP) is 5.91. The maximum Gasteiger partial charge on any atom is 0.267 e. The lowest BCUT2D eigenvalue weighted by Gasteiger charge is -2.13. The van der Waals surface area contributed by atoms with Gasteiger partial charge in [0.1, 0.15) is 17.2 Å². The van der Waals surface area contributed by atoms with E-state index in [9.17, 15) is 9.90 Å². The van der Waals surface area contributed by atoms with E-state index in [0.29, 0.717) is 10.9 Å². The molecule has 3 aromatic carbocycles. The molecule has 0 bridgehead atoms. The number of aromatic hydroxyl groups is 1. The Labute approximate surface area is 191 Å². The summed E-state index contributed by atoms with van der Waals surface area (Å²) in [7, 11) is 0. The molecule has 0 unspecified atom stereocenters. The summed E-state index contributed by atoms with van der Waals surface area (Å²) in [5.74, 6) is -1.22. The average Bonchev–Trinajstić information content (AvgIpc) is 3.18. The van der Waals surface area contributed by atoms with Gasteiger partial charge in [-0.2, -0.15) is 5.26 Å². The van der Waals surface area contributed by atoms with Crippen LogP contribution in [0.3, 0.4) is 0 Å². The zero-order valence-corrected chi connectivity index (χ0v) is 17.8. The maximum absolute atomic E-state index is 15.1. The van der Waals surface area contributed by atoms with E-state index in [1.807, 2.05) is 6.07 Å². The molecule has 0 aliphatic heterocycles. The van der Waals surface area contributed by atoms with Crippen LogP contribution in [-0.4, -0.2) is 16.0 Å². The summed E-state index contributed by atoms with van der Waals surface area (Å²) < 4.78 is 20.6. The highest BCUT2D eigenvalue weighted by atomic mass is 35.5. The fourth-order valence-electron chi connectivity index (χ4n) is 3.12. The lowest BCUT2D eigenvalue weighted by atomic mass is 10.2. The summed E-state index contributed by atoms with van der Waals surface area (Å²) in [5.41, 5.74) is 1.34. The van der Waals surface area contributed by atoms with Crippen molar-refractivity contribution >= 4 is 40.0 Å². The molecule has 1 heterocycles. The second-order valence-corrected chi connectivity index (χ2v) is 7.72. The Kier molecular flexibility index (Phi) is 5.91. The van der Waals surface area contributed by atoms with Crippen molar-refractivity contribution in [2.75, 3.05) is 0 Å². The molecule has 9 heteroatoms. The molecule has 6 nitrogen and oxygen atoms in total. The van der Waals surface area contributed by atoms with Gasteiger partial charge < -0.3 is 20.1 Å². The van der Waals surface area contributed by atoms with Gasteiger partial charge in [-0.15, -0.1) is 0 Å². The van der Waals surface area contributed by atoms with Gasteiger partial charge in [0.05, 0.1) is 16.7 Å². The molecule has 32 heavy (non-hydrogen) atoms. The molecular weight excluding hydrogens is 456 g/mol. The zero-order valence-electron chi connectivity index (χ0n) is 16.2. The minimum absolute atomic E-state index is 0.0199. The van der Waals surface area contributed by atoms with Crippen molar-refractivity contribution in [2.24, 2.45) is 0 Å². The van der Waals surface area contributed by atoms with Crippen molar-refractivity contribution in [1.82, 2.24) is 10.3 Å². The van der Waals surface area contributed by atoms with Crippen LogP contribution in [0, 0.1) is 17.1 Å². The highest BCUT2D eigenvalue weighted by Gasteiger charge is 2.17. The zero-order chi connectivity index (χ0) is 22.8. The number of halogens is 3. The number of aromatic nitrogens is 1. The van der Waals surface area contributed by atoms with Crippen LogP contribution in [0.25, 0.3) is 10.9 Å². The minimum Gasteiger partial charge on any atom is -0.508 e. The number of aromatic amines is 1. The predicted molar refractivity (Wildman–Crippen MR) is 119 cm³/mol. The third-order valence-corrected chi connectivity index (χ3v) is 5.15. The summed E-state index contributed by atoms with van der Waals surface area (Å²) in [4.78, 5) is 15.4. The van der Waals surface area contributed by atoms with Crippen LogP contribution in [0.5, 0.6) is 17.2 Å². The molecule has 0 spiro atoms. The number of nitrogens with one attached hydrogen (secondary N) is 2. The monoisotopic (exact) mass is 469 g/mol. The number of rotatable bonds is 5. The van der Waals surface area contributed by atoms with Crippen LogP contribution in [0.4, 0.5) is 4.39 Å². The fourth-order valence-corrected chi connectivity index (χ4v) is 3.53. The Morgan fingerprint density at radius 3 is 2.75 bits per heavy atom. The first kappa shape index (κ1) is 21.5. The number of nitriles is 1. The van der Waals surface area contributed by atoms with Crippen LogP contribution < -0.4 is 10.1 Å². The van der Waals surface area contributed by atoms with E-state index < -0.39 is 11.7 Å². The molecule has 0 saturated carbocycles. The molecule has 4 rings (SSSR count). The molecule has 4 aromatic rings. The van der Waals surface area contributed by atoms with E-state index in [4.69, 9.17) is 33.2 Å². The van der Waals surface area contributed by atoms with Gasteiger partial charge >= 0.3 is 0 Å². The smallest absolute Gasteiger partial charge is 0.267 e. The topological polar surface area (TPSA) is 98.1 Å². The summed E-state index contributed by atoms with van der Waals surface area (Å²) in [6.45, 7) is -0.127. The Bertz CT molecular complexity index is 1400. The van der Waals surface area contributed by atoms with Gasteiger partial charge in [0, 0.05) is 28.0 Å². The van der Waals surface area contributed by atoms with Crippen LogP contribution >= 0.6 is 23.2 Å². The van der Waals surface area contributed by atoms with Gasteiger partial charge in [0.15, 0.2) is 11.6 Å². The first-order valence-corrected chi connectivity index (χ1v) is 10.0. The minimum atomic E-state index is -0.752. The van der Waals surface area contributed by atoms with Crippen molar-refractivity contribution in [3.05, 3.63) is 87.3 Å². The van der Waals surface area contributed by atoms with E-state index in [2.05, 4.69) is 10.3 Å². The number of amides is 1. The van der Waals surface area contributed by atoms with Crippen LogP contribution in [0.2, 0.25) is 10.0 Å².